The highest BCUT2D eigenvalue weighted by Gasteiger charge is 2.53. The van der Waals surface area contributed by atoms with Gasteiger partial charge in [-0.25, -0.2) is 0 Å². The lowest BCUT2D eigenvalue weighted by Crippen LogP contribution is -2.32. The highest BCUT2D eigenvalue weighted by molar-refractivity contribution is 5.82. The molecule has 3 fully saturated rings. The third-order valence-electron chi connectivity index (χ3n) is 5.21. The van der Waals surface area contributed by atoms with Crippen molar-refractivity contribution in [1.29, 1.82) is 0 Å². The van der Waals surface area contributed by atoms with Gasteiger partial charge in [0.1, 0.15) is 0 Å². The van der Waals surface area contributed by atoms with E-state index in [0.29, 0.717) is 23.8 Å². The average Bonchev–Trinajstić information content (AvgIpc) is 2.73. The molecule has 2 N–H and O–H groups in total. The normalized spacial score (nSPS) is 43.4. The Morgan fingerprint density at radius 3 is 2.53 bits per heavy atom. The van der Waals surface area contributed by atoms with Crippen LogP contribution in [0.2, 0.25) is 0 Å². The molecule has 3 aliphatic rings. The Balaban J connectivity index is 1.62. The Morgan fingerprint density at radius 1 is 1.24 bits per heavy atom. The van der Waals surface area contributed by atoms with E-state index in [9.17, 15) is 4.79 Å². The molecule has 0 aromatic heterocycles. The van der Waals surface area contributed by atoms with E-state index < -0.39 is 0 Å². The summed E-state index contributed by atoms with van der Waals surface area (Å²) >= 11 is 0. The molecular formula is C14H24N2O. The Bertz CT molecular complexity index is 339. The summed E-state index contributed by atoms with van der Waals surface area (Å²) in [5.41, 5.74) is 6.29. The summed E-state index contributed by atoms with van der Waals surface area (Å²) in [5, 5.41) is 0. The molecule has 0 bridgehead atoms. The number of hydrogen-bond donors (Lipinski definition) is 1. The van der Waals surface area contributed by atoms with E-state index in [1.807, 2.05) is 0 Å². The zero-order chi connectivity index (χ0) is 12.2. The second kappa shape index (κ2) is 3.71. The van der Waals surface area contributed by atoms with Crippen LogP contribution in [0.1, 0.15) is 39.5 Å². The number of hydrogen-bond acceptors (Lipinski definition) is 2. The molecule has 0 radical (unpaired) electrons. The molecule has 3 heteroatoms. The zero-order valence-electron chi connectivity index (χ0n) is 11.0. The van der Waals surface area contributed by atoms with E-state index in [-0.39, 0.29) is 5.41 Å². The first-order valence-corrected chi connectivity index (χ1v) is 7.02. The Morgan fingerprint density at radius 2 is 1.88 bits per heavy atom. The van der Waals surface area contributed by atoms with Gasteiger partial charge in [-0.05, 0) is 42.9 Å². The summed E-state index contributed by atoms with van der Waals surface area (Å²) in [4.78, 5) is 14.5. The van der Waals surface area contributed by atoms with E-state index in [1.165, 1.54) is 6.42 Å². The zero-order valence-corrected chi connectivity index (χ0v) is 11.0. The van der Waals surface area contributed by atoms with Crippen LogP contribution in [0.3, 0.4) is 0 Å². The van der Waals surface area contributed by atoms with Crippen molar-refractivity contribution in [3.8, 4) is 0 Å². The van der Waals surface area contributed by atoms with Crippen LogP contribution in [0.15, 0.2) is 0 Å². The van der Waals surface area contributed by atoms with Crippen LogP contribution in [0.4, 0.5) is 0 Å². The number of nitrogens with two attached hydrogens (primary N) is 1. The molecule has 0 aromatic carbocycles. The van der Waals surface area contributed by atoms with Crippen molar-refractivity contribution in [1.82, 2.24) is 4.90 Å². The van der Waals surface area contributed by atoms with Gasteiger partial charge < -0.3 is 10.6 Å². The van der Waals surface area contributed by atoms with Crippen molar-refractivity contribution in [3.05, 3.63) is 0 Å². The summed E-state index contributed by atoms with van der Waals surface area (Å²) in [6.45, 7) is 6.38. The molecule has 3 nitrogen and oxygen atoms in total. The number of nitrogens with zero attached hydrogens (tertiary/aromatic N) is 1. The fourth-order valence-corrected chi connectivity index (χ4v) is 3.76. The molecule has 2 aliphatic carbocycles. The maximum Gasteiger partial charge on any atom is 0.226 e. The third-order valence-corrected chi connectivity index (χ3v) is 5.21. The minimum absolute atomic E-state index is 0.265. The maximum atomic E-state index is 12.3. The molecule has 17 heavy (non-hydrogen) atoms. The highest BCUT2D eigenvalue weighted by Crippen LogP contribution is 2.53. The second-order valence-corrected chi connectivity index (χ2v) is 7.08. The molecule has 2 unspecified atom stereocenters. The maximum absolute atomic E-state index is 12.3. The number of amides is 1. The first kappa shape index (κ1) is 11.5. The van der Waals surface area contributed by atoms with Crippen molar-refractivity contribution in [2.24, 2.45) is 28.9 Å². The molecule has 4 atom stereocenters. The lowest BCUT2D eigenvalue weighted by molar-refractivity contribution is -0.132. The molecule has 0 spiro atoms. The fourth-order valence-electron chi connectivity index (χ4n) is 3.76. The Labute approximate surface area is 104 Å². The number of fused-ring (bicyclic) bond motifs is 1. The molecule has 1 heterocycles. The van der Waals surface area contributed by atoms with Gasteiger partial charge in [-0.2, -0.15) is 0 Å². The van der Waals surface area contributed by atoms with Crippen molar-refractivity contribution >= 4 is 5.91 Å². The van der Waals surface area contributed by atoms with E-state index in [1.54, 1.807) is 0 Å². The smallest absolute Gasteiger partial charge is 0.226 e. The molecular weight excluding hydrogens is 212 g/mol. The van der Waals surface area contributed by atoms with Crippen molar-refractivity contribution in [2.75, 3.05) is 13.1 Å². The molecule has 1 aliphatic heterocycles. The van der Waals surface area contributed by atoms with E-state index in [2.05, 4.69) is 18.7 Å². The predicted molar refractivity (Wildman–Crippen MR) is 67.3 cm³/mol. The van der Waals surface area contributed by atoms with E-state index in [4.69, 9.17) is 5.73 Å². The topological polar surface area (TPSA) is 46.3 Å². The minimum atomic E-state index is 0.265. The minimum Gasteiger partial charge on any atom is -0.342 e. The lowest BCUT2D eigenvalue weighted by atomic mass is 9.79. The van der Waals surface area contributed by atoms with Gasteiger partial charge in [0.05, 0.1) is 0 Å². The number of rotatable bonds is 1. The van der Waals surface area contributed by atoms with Gasteiger partial charge in [0.25, 0.3) is 0 Å². The lowest BCUT2D eigenvalue weighted by Gasteiger charge is -2.27. The van der Waals surface area contributed by atoms with E-state index >= 15 is 0 Å². The predicted octanol–water partition coefficient (Wildman–Crippen LogP) is 1.62. The molecule has 96 valence electrons. The highest BCUT2D eigenvalue weighted by atomic mass is 16.2. The molecule has 1 saturated heterocycles. The van der Waals surface area contributed by atoms with Crippen LogP contribution < -0.4 is 5.73 Å². The standard InChI is InChI=1S/C14H24N2O/c1-14(2)6-12(14)13(17)16-7-9-3-4-11(15)5-10(9)8-16/h9-12H,3-8,15H2,1-2H3/t9-,10+,11?,12?/m1/s1. The van der Waals surface area contributed by atoms with Crippen molar-refractivity contribution in [3.63, 3.8) is 0 Å². The Hall–Kier alpha value is -0.570. The summed E-state index contributed by atoms with van der Waals surface area (Å²) in [6.07, 6.45) is 4.58. The second-order valence-electron chi connectivity index (χ2n) is 7.08. The van der Waals surface area contributed by atoms with Gasteiger partial charge >= 0.3 is 0 Å². The van der Waals surface area contributed by atoms with Crippen molar-refractivity contribution in [2.45, 2.75) is 45.6 Å². The summed E-state index contributed by atoms with van der Waals surface area (Å²) in [5.74, 6) is 2.14. The summed E-state index contributed by atoms with van der Waals surface area (Å²) in [6, 6.07) is 0.378. The average molecular weight is 236 g/mol. The summed E-state index contributed by atoms with van der Waals surface area (Å²) in [7, 11) is 0. The van der Waals surface area contributed by atoms with Crippen LogP contribution in [0.5, 0.6) is 0 Å². The molecule has 2 saturated carbocycles. The quantitative estimate of drug-likeness (QED) is 0.752. The van der Waals surface area contributed by atoms with Gasteiger partial charge in [-0.3, -0.25) is 4.79 Å². The van der Waals surface area contributed by atoms with Crippen LogP contribution >= 0.6 is 0 Å². The van der Waals surface area contributed by atoms with Crippen LogP contribution in [-0.4, -0.2) is 29.9 Å². The third kappa shape index (κ3) is 1.99. The van der Waals surface area contributed by atoms with Crippen LogP contribution in [-0.2, 0) is 4.79 Å². The van der Waals surface area contributed by atoms with Gasteiger partial charge in [-0.1, -0.05) is 13.8 Å². The summed E-state index contributed by atoms with van der Waals surface area (Å²) < 4.78 is 0. The monoisotopic (exact) mass is 236 g/mol. The van der Waals surface area contributed by atoms with Gasteiger partial charge in [0.15, 0.2) is 0 Å². The van der Waals surface area contributed by atoms with Crippen LogP contribution in [0, 0.1) is 23.2 Å². The number of likely N-dealkylation sites (tertiary alicyclic amines) is 1. The van der Waals surface area contributed by atoms with Gasteiger partial charge in [0, 0.05) is 25.0 Å². The first-order chi connectivity index (χ1) is 7.97. The fraction of sp³-hybridized carbons (Fsp3) is 0.929. The Kier molecular flexibility index (Phi) is 2.51. The first-order valence-electron chi connectivity index (χ1n) is 7.02. The van der Waals surface area contributed by atoms with Crippen molar-refractivity contribution < 1.29 is 4.79 Å². The largest absolute Gasteiger partial charge is 0.342 e. The molecule has 3 rings (SSSR count). The SMILES string of the molecule is CC1(C)CC1C(=O)N1C[C@H]2CCC(N)C[C@H]2C1. The number of carbonyl (C=O) groups excluding carboxylic acids is 1. The van der Waals surface area contributed by atoms with Crippen LogP contribution in [0.25, 0.3) is 0 Å². The molecule has 1 amide bonds. The number of carbonyl (C=O) groups is 1. The van der Waals surface area contributed by atoms with Gasteiger partial charge in [0.2, 0.25) is 5.91 Å². The molecule has 0 aromatic rings. The van der Waals surface area contributed by atoms with Gasteiger partial charge in [-0.15, -0.1) is 0 Å². The van der Waals surface area contributed by atoms with E-state index in [0.717, 1.165) is 38.3 Å².